The highest BCUT2D eigenvalue weighted by Gasteiger charge is 2.16. The SMILES string of the molecule is NC(=O)c1cccc(OCC(=O)NCCCCN2CCN(c3ccccc3)CC2)c1. The standard InChI is InChI=1S/C23H30N4O3/c24-23(29)19-7-6-10-21(17-19)30-18-22(28)25-11-4-5-12-26-13-15-27(16-14-26)20-8-2-1-3-9-20/h1-3,6-10,17H,4-5,11-16,18H2,(H2,24,29)(H,25,28). The second kappa shape index (κ2) is 11.2. The molecule has 1 heterocycles. The molecule has 160 valence electrons. The van der Waals surface area contributed by atoms with Gasteiger partial charge in [0.25, 0.3) is 5.91 Å². The van der Waals surface area contributed by atoms with Crippen LogP contribution in [0.1, 0.15) is 23.2 Å². The highest BCUT2D eigenvalue weighted by Crippen LogP contribution is 2.15. The molecule has 0 atom stereocenters. The third-order valence-corrected chi connectivity index (χ3v) is 5.21. The zero-order chi connectivity index (χ0) is 21.2. The molecule has 0 unspecified atom stereocenters. The Bertz CT molecular complexity index is 820. The first-order chi connectivity index (χ1) is 14.6. The fourth-order valence-electron chi connectivity index (χ4n) is 3.50. The van der Waals surface area contributed by atoms with Crippen LogP contribution in [0.4, 0.5) is 5.69 Å². The van der Waals surface area contributed by atoms with E-state index in [-0.39, 0.29) is 12.5 Å². The van der Waals surface area contributed by atoms with Gasteiger partial charge in [-0.05, 0) is 49.7 Å². The van der Waals surface area contributed by atoms with E-state index in [1.165, 1.54) is 11.8 Å². The summed E-state index contributed by atoms with van der Waals surface area (Å²) in [5.41, 5.74) is 6.89. The van der Waals surface area contributed by atoms with Crippen molar-refractivity contribution >= 4 is 17.5 Å². The highest BCUT2D eigenvalue weighted by molar-refractivity contribution is 5.93. The minimum absolute atomic E-state index is 0.0797. The van der Waals surface area contributed by atoms with Crippen LogP contribution in [0.25, 0.3) is 0 Å². The zero-order valence-electron chi connectivity index (χ0n) is 17.3. The van der Waals surface area contributed by atoms with Crippen molar-refractivity contribution in [3.63, 3.8) is 0 Å². The maximum atomic E-state index is 11.9. The summed E-state index contributed by atoms with van der Waals surface area (Å²) in [6.07, 6.45) is 1.98. The first-order valence-electron chi connectivity index (χ1n) is 10.4. The molecule has 30 heavy (non-hydrogen) atoms. The maximum absolute atomic E-state index is 11.9. The monoisotopic (exact) mass is 410 g/mol. The van der Waals surface area contributed by atoms with Gasteiger partial charge in [-0.1, -0.05) is 24.3 Å². The Morgan fingerprint density at radius 3 is 2.47 bits per heavy atom. The molecule has 7 nitrogen and oxygen atoms in total. The quantitative estimate of drug-likeness (QED) is 0.584. The number of primary amides is 1. The van der Waals surface area contributed by atoms with Crippen LogP contribution in [-0.4, -0.2) is 62.6 Å². The summed E-state index contributed by atoms with van der Waals surface area (Å²) in [6, 6.07) is 17.0. The van der Waals surface area contributed by atoms with Crippen molar-refractivity contribution < 1.29 is 14.3 Å². The van der Waals surface area contributed by atoms with Gasteiger partial charge >= 0.3 is 0 Å². The number of carbonyl (C=O) groups excluding carboxylic acids is 2. The summed E-state index contributed by atoms with van der Waals surface area (Å²) in [5.74, 6) is -0.238. The number of ether oxygens (including phenoxy) is 1. The normalized spacial score (nSPS) is 14.3. The van der Waals surface area contributed by atoms with Gasteiger partial charge in [0.15, 0.2) is 6.61 Å². The van der Waals surface area contributed by atoms with E-state index in [1.807, 2.05) is 6.07 Å². The molecular weight excluding hydrogens is 380 g/mol. The van der Waals surface area contributed by atoms with Gasteiger partial charge in [0.1, 0.15) is 5.75 Å². The van der Waals surface area contributed by atoms with Gasteiger partial charge in [-0.3, -0.25) is 14.5 Å². The molecule has 0 aliphatic carbocycles. The number of hydrogen-bond donors (Lipinski definition) is 2. The maximum Gasteiger partial charge on any atom is 0.257 e. The number of hydrogen-bond acceptors (Lipinski definition) is 5. The van der Waals surface area contributed by atoms with E-state index in [0.29, 0.717) is 17.9 Å². The number of rotatable bonds is 10. The Hall–Kier alpha value is -3.06. The molecule has 1 saturated heterocycles. The van der Waals surface area contributed by atoms with E-state index in [4.69, 9.17) is 10.5 Å². The smallest absolute Gasteiger partial charge is 0.257 e. The Balaban J connectivity index is 1.25. The van der Waals surface area contributed by atoms with Gasteiger partial charge < -0.3 is 20.7 Å². The lowest BCUT2D eigenvalue weighted by atomic mass is 10.2. The van der Waals surface area contributed by atoms with Crippen molar-refractivity contribution in [2.24, 2.45) is 5.73 Å². The molecule has 1 aliphatic rings. The predicted octanol–water partition coefficient (Wildman–Crippen LogP) is 1.88. The van der Waals surface area contributed by atoms with Crippen LogP contribution < -0.4 is 20.7 Å². The average Bonchev–Trinajstić information content (AvgIpc) is 2.78. The fourth-order valence-corrected chi connectivity index (χ4v) is 3.50. The number of unbranched alkanes of at least 4 members (excludes halogenated alkanes) is 1. The number of piperazine rings is 1. The topological polar surface area (TPSA) is 87.9 Å². The second-order valence-corrected chi connectivity index (χ2v) is 7.40. The molecule has 1 fully saturated rings. The molecule has 2 amide bonds. The lowest BCUT2D eigenvalue weighted by molar-refractivity contribution is -0.123. The van der Waals surface area contributed by atoms with E-state index in [0.717, 1.165) is 45.6 Å². The number of anilines is 1. The van der Waals surface area contributed by atoms with Gasteiger partial charge in [-0.25, -0.2) is 0 Å². The molecule has 7 heteroatoms. The van der Waals surface area contributed by atoms with Crippen LogP contribution in [0.2, 0.25) is 0 Å². The highest BCUT2D eigenvalue weighted by atomic mass is 16.5. The summed E-state index contributed by atoms with van der Waals surface area (Å²) in [5, 5.41) is 2.87. The van der Waals surface area contributed by atoms with Crippen molar-refractivity contribution in [2.45, 2.75) is 12.8 Å². The molecule has 3 N–H and O–H groups in total. The number of para-hydroxylation sites is 1. The van der Waals surface area contributed by atoms with Crippen molar-refractivity contribution in [2.75, 3.05) is 50.8 Å². The van der Waals surface area contributed by atoms with Gasteiger partial charge in [0, 0.05) is 44.0 Å². The summed E-state index contributed by atoms with van der Waals surface area (Å²) < 4.78 is 5.42. The van der Waals surface area contributed by atoms with Crippen LogP contribution in [0, 0.1) is 0 Å². The minimum Gasteiger partial charge on any atom is -0.484 e. The molecular formula is C23H30N4O3. The number of nitrogens with two attached hydrogens (primary N) is 1. The van der Waals surface area contributed by atoms with Gasteiger partial charge in [-0.2, -0.15) is 0 Å². The Kier molecular flexibility index (Phi) is 8.09. The van der Waals surface area contributed by atoms with Crippen LogP contribution in [0.5, 0.6) is 5.75 Å². The average molecular weight is 411 g/mol. The van der Waals surface area contributed by atoms with Gasteiger partial charge in [0.05, 0.1) is 0 Å². The first-order valence-corrected chi connectivity index (χ1v) is 10.4. The van der Waals surface area contributed by atoms with E-state index in [9.17, 15) is 9.59 Å². The summed E-state index contributed by atoms with van der Waals surface area (Å²) in [7, 11) is 0. The lowest BCUT2D eigenvalue weighted by Crippen LogP contribution is -2.46. The number of benzene rings is 2. The molecule has 0 spiro atoms. The number of carbonyl (C=O) groups is 2. The van der Waals surface area contributed by atoms with E-state index >= 15 is 0 Å². The van der Waals surface area contributed by atoms with Crippen molar-refractivity contribution in [1.82, 2.24) is 10.2 Å². The molecule has 2 aromatic carbocycles. The van der Waals surface area contributed by atoms with Crippen LogP contribution in [0.15, 0.2) is 54.6 Å². The van der Waals surface area contributed by atoms with Gasteiger partial charge in [-0.15, -0.1) is 0 Å². The van der Waals surface area contributed by atoms with Crippen LogP contribution >= 0.6 is 0 Å². The molecule has 1 aliphatic heterocycles. The van der Waals surface area contributed by atoms with E-state index in [1.54, 1.807) is 18.2 Å². The lowest BCUT2D eigenvalue weighted by Gasteiger charge is -2.36. The summed E-state index contributed by atoms with van der Waals surface area (Å²) >= 11 is 0. The molecule has 3 rings (SSSR count). The van der Waals surface area contributed by atoms with Crippen LogP contribution in [0.3, 0.4) is 0 Å². The number of amides is 2. The minimum atomic E-state index is -0.522. The van der Waals surface area contributed by atoms with Crippen molar-refractivity contribution in [1.29, 1.82) is 0 Å². The predicted molar refractivity (Wildman–Crippen MR) is 118 cm³/mol. The molecule has 0 bridgehead atoms. The van der Waals surface area contributed by atoms with E-state index in [2.05, 4.69) is 39.4 Å². The Morgan fingerprint density at radius 1 is 0.967 bits per heavy atom. The molecule has 0 saturated carbocycles. The Morgan fingerprint density at radius 2 is 1.73 bits per heavy atom. The molecule has 0 aromatic heterocycles. The number of nitrogens with zero attached hydrogens (tertiary/aromatic N) is 2. The van der Waals surface area contributed by atoms with Crippen molar-refractivity contribution in [3.05, 3.63) is 60.2 Å². The van der Waals surface area contributed by atoms with E-state index < -0.39 is 5.91 Å². The molecule has 2 aromatic rings. The van der Waals surface area contributed by atoms with Gasteiger partial charge in [0.2, 0.25) is 5.91 Å². The second-order valence-electron chi connectivity index (χ2n) is 7.40. The third kappa shape index (κ3) is 6.77. The van der Waals surface area contributed by atoms with Crippen LogP contribution in [-0.2, 0) is 4.79 Å². The third-order valence-electron chi connectivity index (χ3n) is 5.21. The van der Waals surface area contributed by atoms with Crippen molar-refractivity contribution in [3.8, 4) is 5.75 Å². The fraction of sp³-hybridized carbons (Fsp3) is 0.391. The Labute approximate surface area is 177 Å². The number of nitrogens with one attached hydrogen (secondary N) is 1. The largest absolute Gasteiger partial charge is 0.484 e. The molecule has 0 radical (unpaired) electrons. The first kappa shape index (κ1) is 21.6. The zero-order valence-corrected chi connectivity index (χ0v) is 17.3. The summed E-state index contributed by atoms with van der Waals surface area (Å²) in [4.78, 5) is 28.0. The summed E-state index contributed by atoms with van der Waals surface area (Å²) in [6.45, 7) is 5.84.